The second-order valence-corrected chi connectivity index (χ2v) is 16.2. The summed E-state index contributed by atoms with van der Waals surface area (Å²) < 4.78 is 0. The zero-order chi connectivity index (χ0) is 43.4. The average Bonchev–Trinajstić information content (AvgIpc) is 3.38. The Morgan fingerprint density at radius 2 is 0.492 bits per heavy atom. The van der Waals surface area contributed by atoms with Gasteiger partial charge >= 0.3 is 0 Å². The van der Waals surface area contributed by atoms with Crippen LogP contribution in [-0.2, 0) is 0 Å². The highest BCUT2D eigenvalue weighted by atomic mass is 15.2. The molecule has 0 aliphatic heterocycles. The molecule has 65 heavy (non-hydrogen) atoms. The van der Waals surface area contributed by atoms with Crippen molar-refractivity contribution in [3.05, 3.63) is 273 Å². The smallest absolute Gasteiger partial charge is 0.0540 e. The number of fused-ring (bicyclic) bond motifs is 2. The Morgan fingerprint density at radius 1 is 0.185 bits per heavy atom. The van der Waals surface area contributed by atoms with Crippen molar-refractivity contribution in [2.24, 2.45) is 0 Å². The van der Waals surface area contributed by atoms with E-state index in [1.54, 1.807) is 0 Å². The second kappa shape index (κ2) is 17.6. The normalized spacial score (nSPS) is 11.1. The van der Waals surface area contributed by atoms with Gasteiger partial charge in [-0.1, -0.05) is 176 Å². The van der Waals surface area contributed by atoms with Gasteiger partial charge in [0.05, 0.1) is 11.4 Å². The summed E-state index contributed by atoms with van der Waals surface area (Å²) in [5.74, 6) is 0. The molecule has 11 aromatic rings. The lowest BCUT2D eigenvalue weighted by atomic mass is 10.0. The lowest BCUT2D eigenvalue weighted by molar-refractivity contribution is 1.28. The first-order chi connectivity index (χ1) is 32.2. The van der Waals surface area contributed by atoms with Crippen molar-refractivity contribution in [3.63, 3.8) is 0 Å². The van der Waals surface area contributed by atoms with Gasteiger partial charge in [0.25, 0.3) is 0 Å². The van der Waals surface area contributed by atoms with Crippen LogP contribution < -0.4 is 14.7 Å². The van der Waals surface area contributed by atoms with Gasteiger partial charge in [-0.2, -0.15) is 0 Å². The van der Waals surface area contributed by atoms with Gasteiger partial charge in [-0.25, -0.2) is 0 Å². The summed E-state index contributed by atoms with van der Waals surface area (Å²) in [6, 6.07) is 97.8. The molecule has 0 fully saturated rings. The molecule has 0 amide bonds. The summed E-state index contributed by atoms with van der Waals surface area (Å²) in [5, 5.41) is 4.86. The molecular formula is C62H45N3. The van der Waals surface area contributed by atoms with Crippen LogP contribution in [0.25, 0.3) is 43.8 Å². The van der Waals surface area contributed by atoms with Crippen molar-refractivity contribution >= 4 is 72.7 Å². The van der Waals surface area contributed by atoms with Crippen LogP contribution in [0.2, 0.25) is 0 Å². The first-order valence-corrected chi connectivity index (χ1v) is 22.2. The fraction of sp³-hybridized carbons (Fsp3) is 0. The molecule has 0 aromatic heterocycles. The van der Waals surface area contributed by atoms with E-state index in [1.807, 2.05) is 0 Å². The van der Waals surface area contributed by atoms with Gasteiger partial charge in [0.1, 0.15) is 0 Å². The number of benzene rings is 11. The summed E-state index contributed by atoms with van der Waals surface area (Å²) in [7, 11) is 0. The van der Waals surface area contributed by atoms with E-state index in [0.717, 1.165) is 73.4 Å². The third-order valence-corrected chi connectivity index (χ3v) is 12.2. The Balaban J connectivity index is 0.928. The Bertz CT molecular complexity index is 3150. The van der Waals surface area contributed by atoms with E-state index in [-0.39, 0.29) is 0 Å². The van der Waals surface area contributed by atoms with Crippen LogP contribution in [0.15, 0.2) is 273 Å². The van der Waals surface area contributed by atoms with Crippen LogP contribution in [0.1, 0.15) is 0 Å². The van der Waals surface area contributed by atoms with Crippen molar-refractivity contribution in [1.29, 1.82) is 0 Å². The van der Waals surface area contributed by atoms with Gasteiger partial charge in [0.2, 0.25) is 0 Å². The Morgan fingerprint density at radius 3 is 0.908 bits per heavy atom. The molecule has 3 heteroatoms. The van der Waals surface area contributed by atoms with Crippen molar-refractivity contribution in [2.75, 3.05) is 14.7 Å². The number of nitrogens with zero attached hydrogens (tertiary/aromatic N) is 3. The molecule has 0 radical (unpaired) electrons. The molecule has 11 aromatic carbocycles. The molecule has 0 N–H and O–H groups in total. The standard InChI is InChI=1S/C62H45N3/c1-4-24-52(25-5-1)63(57-30-14-22-50(44-57)46-36-40-55(41-37-46)64(53-26-6-2-7-27-53)61-34-16-20-48-18-10-12-32-59(48)61)58-31-15-23-51(45-58)47-38-42-56(43-39-47)65(54-28-8-3-9-29-54)62-35-17-21-49-19-11-13-33-60(49)62/h1-45H. The number of para-hydroxylation sites is 3. The van der Waals surface area contributed by atoms with Crippen LogP contribution in [0.3, 0.4) is 0 Å². The second-order valence-electron chi connectivity index (χ2n) is 16.2. The largest absolute Gasteiger partial charge is 0.310 e. The van der Waals surface area contributed by atoms with E-state index in [9.17, 15) is 0 Å². The maximum Gasteiger partial charge on any atom is 0.0540 e. The van der Waals surface area contributed by atoms with Gasteiger partial charge in [0, 0.05) is 50.6 Å². The van der Waals surface area contributed by atoms with Gasteiger partial charge in [-0.3, -0.25) is 0 Å². The topological polar surface area (TPSA) is 9.72 Å². The van der Waals surface area contributed by atoms with Crippen LogP contribution in [0.4, 0.5) is 51.2 Å². The molecule has 0 bridgehead atoms. The first-order valence-electron chi connectivity index (χ1n) is 22.2. The third kappa shape index (κ3) is 7.88. The summed E-state index contributed by atoms with van der Waals surface area (Å²) in [6.45, 7) is 0. The number of rotatable bonds is 11. The van der Waals surface area contributed by atoms with Crippen LogP contribution in [0, 0.1) is 0 Å². The lowest BCUT2D eigenvalue weighted by Gasteiger charge is -2.27. The zero-order valence-electron chi connectivity index (χ0n) is 35.8. The minimum absolute atomic E-state index is 1.08. The Hall–Kier alpha value is -8.66. The fourth-order valence-corrected chi connectivity index (χ4v) is 9.09. The summed E-state index contributed by atoms with van der Waals surface area (Å²) in [6.07, 6.45) is 0. The van der Waals surface area contributed by atoms with Gasteiger partial charge < -0.3 is 14.7 Å². The highest BCUT2D eigenvalue weighted by Gasteiger charge is 2.19. The van der Waals surface area contributed by atoms with Gasteiger partial charge in [-0.05, 0) is 130 Å². The summed E-state index contributed by atoms with van der Waals surface area (Å²) >= 11 is 0. The molecule has 0 saturated carbocycles. The van der Waals surface area contributed by atoms with Crippen molar-refractivity contribution in [2.45, 2.75) is 0 Å². The number of hydrogen-bond acceptors (Lipinski definition) is 3. The lowest BCUT2D eigenvalue weighted by Crippen LogP contribution is -2.10. The van der Waals surface area contributed by atoms with Crippen LogP contribution >= 0.6 is 0 Å². The maximum absolute atomic E-state index is 2.35. The van der Waals surface area contributed by atoms with Crippen molar-refractivity contribution < 1.29 is 0 Å². The maximum atomic E-state index is 2.35. The molecule has 0 aliphatic rings. The van der Waals surface area contributed by atoms with Crippen molar-refractivity contribution in [3.8, 4) is 22.3 Å². The van der Waals surface area contributed by atoms with E-state index in [0.29, 0.717) is 0 Å². The average molecular weight is 832 g/mol. The molecule has 0 aliphatic carbocycles. The van der Waals surface area contributed by atoms with E-state index >= 15 is 0 Å². The van der Waals surface area contributed by atoms with E-state index in [4.69, 9.17) is 0 Å². The molecule has 0 spiro atoms. The minimum atomic E-state index is 1.08. The highest BCUT2D eigenvalue weighted by molar-refractivity contribution is 6.00. The van der Waals surface area contributed by atoms with Gasteiger partial charge in [-0.15, -0.1) is 0 Å². The predicted octanol–water partition coefficient (Wildman–Crippen LogP) is 17.7. The highest BCUT2D eigenvalue weighted by Crippen LogP contribution is 2.43. The van der Waals surface area contributed by atoms with E-state index in [2.05, 4.69) is 288 Å². The SMILES string of the molecule is c1ccc(N(c2cccc(-c3ccc(N(c4ccccc4)c4cccc5ccccc45)cc3)c2)c2cccc(-c3ccc(N(c4ccccc4)c4cccc5ccccc45)cc3)c2)cc1. The molecule has 0 unspecified atom stereocenters. The molecule has 0 heterocycles. The Kier molecular flexibility index (Phi) is 10.6. The van der Waals surface area contributed by atoms with Crippen LogP contribution in [-0.4, -0.2) is 0 Å². The Labute approximate surface area is 381 Å². The summed E-state index contributed by atoms with van der Waals surface area (Å²) in [4.78, 5) is 7.06. The van der Waals surface area contributed by atoms with Crippen LogP contribution in [0.5, 0.6) is 0 Å². The third-order valence-electron chi connectivity index (χ3n) is 12.2. The first kappa shape index (κ1) is 39.2. The number of anilines is 9. The monoisotopic (exact) mass is 831 g/mol. The zero-order valence-corrected chi connectivity index (χ0v) is 35.8. The van der Waals surface area contributed by atoms with Crippen molar-refractivity contribution in [1.82, 2.24) is 0 Å². The fourth-order valence-electron chi connectivity index (χ4n) is 9.09. The van der Waals surface area contributed by atoms with E-state index < -0.39 is 0 Å². The molecular weight excluding hydrogens is 787 g/mol. The molecule has 308 valence electrons. The summed E-state index contributed by atoms with van der Waals surface area (Å²) in [5.41, 5.74) is 14.6. The molecule has 0 saturated heterocycles. The predicted molar refractivity (Wildman–Crippen MR) is 276 cm³/mol. The minimum Gasteiger partial charge on any atom is -0.310 e. The van der Waals surface area contributed by atoms with E-state index in [1.165, 1.54) is 21.5 Å². The molecule has 11 rings (SSSR count). The quantitative estimate of drug-likeness (QED) is 0.129. The molecule has 3 nitrogen and oxygen atoms in total. The van der Waals surface area contributed by atoms with Gasteiger partial charge in [0.15, 0.2) is 0 Å². The molecule has 0 atom stereocenters. The number of hydrogen-bond donors (Lipinski definition) is 0.